The van der Waals surface area contributed by atoms with Crippen LogP contribution in [-0.2, 0) is 13.1 Å². The van der Waals surface area contributed by atoms with E-state index in [0.29, 0.717) is 12.3 Å². The molecule has 0 spiro atoms. The standard InChI is InChI=1S/C14H21F3N2O/c1-3-18-7-13-10(2)6-12(20-13)8-19(11-4-5-11)9-14(15,16)17/h6,11,18H,3-5,7-9H2,1-2H3. The van der Waals surface area contributed by atoms with E-state index in [-0.39, 0.29) is 12.6 Å². The number of alkyl halides is 3. The van der Waals surface area contributed by atoms with E-state index < -0.39 is 12.7 Å². The van der Waals surface area contributed by atoms with E-state index in [2.05, 4.69) is 5.32 Å². The van der Waals surface area contributed by atoms with E-state index in [9.17, 15) is 13.2 Å². The molecule has 0 aromatic carbocycles. The fourth-order valence-corrected chi connectivity index (χ4v) is 2.27. The third-order valence-electron chi connectivity index (χ3n) is 3.41. The molecule has 1 aromatic rings. The first kappa shape index (κ1) is 15.4. The average molecular weight is 290 g/mol. The molecule has 114 valence electrons. The molecule has 1 aliphatic rings. The molecule has 0 unspecified atom stereocenters. The molecule has 1 N–H and O–H groups in total. The van der Waals surface area contributed by atoms with Crippen molar-refractivity contribution >= 4 is 0 Å². The van der Waals surface area contributed by atoms with Gasteiger partial charge < -0.3 is 9.73 Å². The van der Waals surface area contributed by atoms with Crippen molar-refractivity contribution in [3.05, 3.63) is 23.2 Å². The lowest BCUT2D eigenvalue weighted by Gasteiger charge is -2.22. The number of hydrogen-bond acceptors (Lipinski definition) is 3. The van der Waals surface area contributed by atoms with Gasteiger partial charge in [0.15, 0.2) is 0 Å². The lowest BCUT2D eigenvalue weighted by Crippen LogP contribution is -2.35. The van der Waals surface area contributed by atoms with Crippen molar-refractivity contribution < 1.29 is 17.6 Å². The van der Waals surface area contributed by atoms with Crippen LogP contribution in [0.2, 0.25) is 0 Å². The summed E-state index contributed by atoms with van der Waals surface area (Å²) in [7, 11) is 0. The molecule has 0 atom stereocenters. The number of furan rings is 1. The van der Waals surface area contributed by atoms with Gasteiger partial charge in [-0.2, -0.15) is 13.2 Å². The lowest BCUT2D eigenvalue weighted by molar-refractivity contribution is -0.148. The fourth-order valence-electron chi connectivity index (χ4n) is 2.27. The van der Waals surface area contributed by atoms with Crippen LogP contribution in [0, 0.1) is 6.92 Å². The van der Waals surface area contributed by atoms with Crippen molar-refractivity contribution in [2.24, 2.45) is 0 Å². The van der Waals surface area contributed by atoms with Crippen LogP contribution in [0.3, 0.4) is 0 Å². The predicted molar refractivity (Wildman–Crippen MR) is 70.3 cm³/mol. The van der Waals surface area contributed by atoms with E-state index in [1.807, 2.05) is 19.9 Å². The Morgan fingerprint density at radius 1 is 1.40 bits per heavy atom. The molecule has 0 radical (unpaired) electrons. The summed E-state index contributed by atoms with van der Waals surface area (Å²) in [6.07, 6.45) is -2.46. The highest BCUT2D eigenvalue weighted by Crippen LogP contribution is 2.32. The Morgan fingerprint density at radius 3 is 2.65 bits per heavy atom. The Kier molecular flexibility index (Phi) is 4.75. The summed E-state index contributed by atoms with van der Waals surface area (Å²) in [4.78, 5) is 1.47. The van der Waals surface area contributed by atoms with Gasteiger partial charge in [-0.05, 0) is 37.9 Å². The molecule has 3 nitrogen and oxygen atoms in total. The first-order chi connectivity index (χ1) is 9.39. The van der Waals surface area contributed by atoms with Gasteiger partial charge >= 0.3 is 6.18 Å². The Bertz CT molecular complexity index is 438. The second kappa shape index (κ2) is 6.18. The predicted octanol–water partition coefficient (Wildman–Crippen LogP) is 3.22. The van der Waals surface area contributed by atoms with Gasteiger partial charge in [0.2, 0.25) is 0 Å². The molecule has 1 saturated carbocycles. The van der Waals surface area contributed by atoms with E-state index >= 15 is 0 Å². The highest BCUT2D eigenvalue weighted by atomic mass is 19.4. The fraction of sp³-hybridized carbons (Fsp3) is 0.714. The maximum Gasteiger partial charge on any atom is 0.401 e. The van der Waals surface area contributed by atoms with Crippen molar-refractivity contribution in [3.8, 4) is 0 Å². The Morgan fingerprint density at radius 2 is 2.10 bits per heavy atom. The normalized spacial score (nSPS) is 16.1. The quantitative estimate of drug-likeness (QED) is 0.836. The smallest absolute Gasteiger partial charge is 0.401 e. The molecule has 0 amide bonds. The Hall–Kier alpha value is -1.01. The number of aryl methyl sites for hydroxylation is 1. The minimum absolute atomic E-state index is 0.0549. The average Bonchev–Trinajstić information content (AvgIpc) is 3.11. The Balaban J connectivity index is 1.99. The monoisotopic (exact) mass is 290 g/mol. The van der Waals surface area contributed by atoms with E-state index in [4.69, 9.17) is 4.42 Å². The van der Waals surface area contributed by atoms with E-state index in [1.165, 1.54) is 4.90 Å². The van der Waals surface area contributed by atoms with Gasteiger partial charge in [0.05, 0.1) is 19.6 Å². The number of hydrogen-bond donors (Lipinski definition) is 1. The van der Waals surface area contributed by atoms with Gasteiger partial charge in [0.1, 0.15) is 11.5 Å². The topological polar surface area (TPSA) is 28.4 Å². The summed E-state index contributed by atoms with van der Waals surface area (Å²) in [5.74, 6) is 1.43. The summed E-state index contributed by atoms with van der Waals surface area (Å²) in [6.45, 7) is 4.74. The molecular formula is C14H21F3N2O. The molecule has 1 aromatic heterocycles. The zero-order valence-corrected chi connectivity index (χ0v) is 11.9. The van der Waals surface area contributed by atoms with Gasteiger partial charge in [0.25, 0.3) is 0 Å². The maximum absolute atomic E-state index is 12.6. The summed E-state index contributed by atoms with van der Waals surface area (Å²) in [6, 6.07) is 1.90. The number of rotatable bonds is 7. The summed E-state index contributed by atoms with van der Waals surface area (Å²) in [5.41, 5.74) is 0.990. The third-order valence-corrected chi connectivity index (χ3v) is 3.41. The molecule has 1 heterocycles. The second-order valence-electron chi connectivity index (χ2n) is 5.35. The van der Waals surface area contributed by atoms with Crippen LogP contribution >= 0.6 is 0 Å². The third kappa shape index (κ3) is 4.52. The van der Waals surface area contributed by atoms with Crippen molar-refractivity contribution in [2.75, 3.05) is 13.1 Å². The summed E-state index contributed by atoms with van der Waals surface area (Å²) >= 11 is 0. The molecule has 20 heavy (non-hydrogen) atoms. The number of nitrogens with one attached hydrogen (secondary N) is 1. The molecule has 2 rings (SSSR count). The largest absolute Gasteiger partial charge is 0.463 e. The van der Waals surface area contributed by atoms with Crippen molar-refractivity contribution in [3.63, 3.8) is 0 Å². The van der Waals surface area contributed by atoms with Gasteiger partial charge in [-0.1, -0.05) is 6.92 Å². The second-order valence-corrected chi connectivity index (χ2v) is 5.35. The summed E-state index contributed by atoms with van der Waals surface area (Å²) < 4.78 is 43.4. The first-order valence-electron chi connectivity index (χ1n) is 6.98. The number of nitrogens with zero attached hydrogens (tertiary/aromatic N) is 1. The van der Waals surface area contributed by atoms with Gasteiger partial charge in [-0.15, -0.1) is 0 Å². The van der Waals surface area contributed by atoms with Crippen LogP contribution in [0.1, 0.15) is 36.8 Å². The SMILES string of the molecule is CCNCc1oc(CN(CC(F)(F)F)C2CC2)cc1C. The minimum atomic E-state index is -4.16. The van der Waals surface area contributed by atoms with Gasteiger partial charge in [-0.3, -0.25) is 4.90 Å². The van der Waals surface area contributed by atoms with Crippen molar-refractivity contribution in [1.29, 1.82) is 0 Å². The lowest BCUT2D eigenvalue weighted by atomic mass is 10.2. The van der Waals surface area contributed by atoms with Crippen LogP contribution in [-0.4, -0.2) is 30.2 Å². The van der Waals surface area contributed by atoms with Crippen LogP contribution in [0.4, 0.5) is 13.2 Å². The maximum atomic E-state index is 12.6. The minimum Gasteiger partial charge on any atom is -0.463 e. The molecule has 1 aliphatic carbocycles. The molecule has 0 saturated heterocycles. The van der Waals surface area contributed by atoms with Crippen LogP contribution in [0.5, 0.6) is 0 Å². The van der Waals surface area contributed by atoms with Crippen LogP contribution in [0.25, 0.3) is 0 Å². The Labute approximate surface area is 117 Å². The zero-order chi connectivity index (χ0) is 14.8. The highest BCUT2D eigenvalue weighted by Gasteiger charge is 2.38. The number of halogens is 3. The first-order valence-corrected chi connectivity index (χ1v) is 6.98. The van der Waals surface area contributed by atoms with Crippen LogP contribution in [0.15, 0.2) is 10.5 Å². The van der Waals surface area contributed by atoms with Crippen molar-refractivity contribution in [2.45, 2.75) is 52.0 Å². The van der Waals surface area contributed by atoms with E-state index in [0.717, 1.165) is 30.7 Å². The van der Waals surface area contributed by atoms with Gasteiger partial charge in [-0.25, -0.2) is 0 Å². The van der Waals surface area contributed by atoms with E-state index in [1.54, 1.807) is 0 Å². The highest BCUT2D eigenvalue weighted by molar-refractivity contribution is 5.20. The molecule has 0 bridgehead atoms. The molecule has 0 aliphatic heterocycles. The molecular weight excluding hydrogens is 269 g/mol. The van der Waals surface area contributed by atoms with Gasteiger partial charge in [0, 0.05) is 6.04 Å². The molecule has 6 heteroatoms. The summed E-state index contributed by atoms with van der Waals surface area (Å²) in [5, 5.41) is 3.16. The zero-order valence-electron chi connectivity index (χ0n) is 11.9. The molecule has 1 fully saturated rings. The van der Waals surface area contributed by atoms with Crippen molar-refractivity contribution in [1.82, 2.24) is 10.2 Å². The van der Waals surface area contributed by atoms with Crippen LogP contribution < -0.4 is 5.32 Å².